The van der Waals surface area contributed by atoms with Gasteiger partial charge in [-0.1, -0.05) is 38.1 Å². The number of nitrogens with one attached hydrogen (secondary N) is 1. The summed E-state index contributed by atoms with van der Waals surface area (Å²) in [5.74, 6) is -0.286. The van der Waals surface area contributed by atoms with Crippen molar-refractivity contribution in [2.45, 2.75) is 52.4 Å². The van der Waals surface area contributed by atoms with E-state index in [0.717, 1.165) is 49.2 Å². The first kappa shape index (κ1) is 23.0. The number of nitrogens with zero attached hydrogens (tertiary/aromatic N) is 2. The monoisotopic (exact) mass is 447 g/mol. The summed E-state index contributed by atoms with van der Waals surface area (Å²) in [6.45, 7) is 8.09. The summed E-state index contributed by atoms with van der Waals surface area (Å²) in [5.41, 5.74) is 4.07. The quantitative estimate of drug-likeness (QED) is 0.696. The zero-order valence-corrected chi connectivity index (χ0v) is 19.8. The van der Waals surface area contributed by atoms with Crippen molar-refractivity contribution >= 4 is 29.1 Å². The molecule has 0 bridgehead atoms. The minimum Gasteiger partial charge on any atom is -0.339 e. The molecule has 1 N–H and O–H groups in total. The molecular formula is C27H33N3O3. The van der Waals surface area contributed by atoms with Gasteiger partial charge in [0.25, 0.3) is 5.91 Å². The predicted octanol–water partition coefficient (Wildman–Crippen LogP) is 4.74. The first-order valence-electron chi connectivity index (χ1n) is 12.0. The molecule has 0 spiro atoms. The molecule has 2 fully saturated rings. The fourth-order valence-electron chi connectivity index (χ4n) is 4.81. The van der Waals surface area contributed by atoms with Gasteiger partial charge in [0.2, 0.25) is 11.8 Å². The van der Waals surface area contributed by atoms with Crippen molar-refractivity contribution in [1.29, 1.82) is 0 Å². The molecule has 3 amide bonds. The van der Waals surface area contributed by atoms with Crippen LogP contribution in [-0.2, 0) is 9.59 Å². The highest BCUT2D eigenvalue weighted by atomic mass is 16.2. The van der Waals surface area contributed by atoms with Gasteiger partial charge < -0.3 is 15.1 Å². The van der Waals surface area contributed by atoms with Crippen molar-refractivity contribution in [2.24, 2.45) is 5.92 Å². The van der Waals surface area contributed by atoms with Gasteiger partial charge in [0.15, 0.2) is 0 Å². The Bertz CT molecular complexity index is 1060. The second kappa shape index (κ2) is 9.77. The van der Waals surface area contributed by atoms with Crippen molar-refractivity contribution in [3.05, 3.63) is 59.2 Å². The molecule has 0 saturated carbocycles. The Morgan fingerprint density at radius 3 is 2.55 bits per heavy atom. The van der Waals surface area contributed by atoms with Gasteiger partial charge in [-0.15, -0.1) is 0 Å². The highest BCUT2D eigenvalue weighted by Gasteiger charge is 2.36. The topological polar surface area (TPSA) is 69.7 Å². The molecule has 174 valence electrons. The molecule has 2 aromatic rings. The normalized spacial score (nSPS) is 19.1. The number of hydrogen-bond donors (Lipinski definition) is 1. The lowest BCUT2D eigenvalue weighted by Crippen LogP contribution is -2.30. The van der Waals surface area contributed by atoms with Gasteiger partial charge >= 0.3 is 0 Å². The summed E-state index contributed by atoms with van der Waals surface area (Å²) in [4.78, 5) is 42.5. The van der Waals surface area contributed by atoms with Crippen LogP contribution >= 0.6 is 0 Å². The van der Waals surface area contributed by atoms with E-state index in [0.29, 0.717) is 23.7 Å². The van der Waals surface area contributed by atoms with Crippen molar-refractivity contribution in [3.63, 3.8) is 0 Å². The minimum absolute atomic E-state index is 0.0185. The Morgan fingerprint density at radius 2 is 1.82 bits per heavy atom. The molecule has 4 rings (SSSR count). The van der Waals surface area contributed by atoms with E-state index in [2.05, 4.69) is 25.2 Å². The van der Waals surface area contributed by atoms with Crippen LogP contribution in [0.25, 0.3) is 0 Å². The molecule has 2 aliphatic rings. The van der Waals surface area contributed by atoms with E-state index in [-0.39, 0.29) is 24.1 Å². The molecular weight excluding hydrogens is 414 g/mol. The molecule has 0 radical (unpaired) electrons. The van der Waals surface area contributed by atoms with Gasteiger partial charge in [0.1, 0.15) is 0 Å². The van der Waals surface area contributed by atoms with Crippen molar-refractivity contribution in [3.8, 4) is 0 Å². The van der Waals surface area contributed by atoms with Crippen molar-refractivity contribution in [2.75, 3.05) is 29.9 Å². The smallest absolute Gasteiger partial charge is 0.254 e. The van der Waals surface area contributed by atoms with Crippen LogP contribution in [0.3, 0.4) is 0 Å². The zero-order chi connectivity index (χ0) is 23.5. The lowest BCUT2D eigenvalue weighted by molar-refractivity contribution is -0.122. The molecule has 6 nitrogen and oxygen atoms in total. The average molecular weight is 448 g/mol. The Morgan fingerprint density at radius 1 is 1.09 bits per heavy atom. The van der Waals surface area contributed by atoms with E-state index in [1.165, 1.54) is 0 Å². The van der Waals surface area contributed by atoms with E-state index in [4.69, 9.17) is 0 Å². The van der Waals surface area contributed by atoms with Crippen LogP contribution < -0.4 is 10.2 Å². The van der Waals surface area contributed by atoms with Crippen LogP contribution in [0.4, 0.5) is 11.4 Å². The number of amides is 3. The van der Waals surface area contributed by atoms with Gasteiger partial charge in [-0.2, -0.15) is 0 Å². The summed E-state index contributed by atoms with van der Waals surface area (Å²) < 4.78 is 0. The van der Waals surface area contributed by atoms with Gasteiger partial charge in [-0.05, 0) is 61.4 Å². The van der Waals surface area contributed by atoms with E-state index in [9.17, 15) is 14.4 Å². The minimum atomic E-state index is -0.431. The van der Waals surface area contributed by atoms with E-state index < -0.39 is 5.92 Å². The fraction of sp³-hybridized carbons (Fsp3) is 0.444. The zero-order valence-electron chi connectivity index (χ0n) is 19.8. The molecule has 2 heterocycles. The lowest BCUT2D eigenvalue weighted by Gasteiger charge is -2.23. The molecule has 2 aliphatic heterocycles. The van der Waals surface area contributed by atoms with Crippen molar-refractivity contribution in [1.82, 2.24) is 4.90 Å². The highest BCUT2D eigenvalue weighted by Crippen LogP contribution is 2.34. The van der Waals surface area contributed by atoms with Gasteiger partial charge in [-0.25, -0.2) is 0 Å². The number of hydrogen-bond acceptors (Lipinski definition) is 3. The second-order valence-electron chi connectivity index (χ2n) is 9.24. The van der Waals surface area contributed by atoms with Gasteiger partial charge in [-0.3, -0.25) is 14.4 Å². The number of carbonyl (C=O) groups is 3. The maximum Gasteiger partial charge on any atom is 0.254 e. The predicted molar refractivity (Wildman–Crippen MR) is 131 cm³/mol. The van der Waals surface area contributed by atoms with Crippen LogP contribution in [0.15, 0.2) is 42.5 Å². The van der Waals surface area contributed by atoms with E-state index in [1.54, 1.807) is 11.0 Å². The standard InChI is InChI=1S/C27H33N3O3/c1-4-18(2)21-10-5-6-13-24(21)30-17-20(16-25(30)31)26(32)28-23-12-9-11-22(19(23)3)27(33)29-14-7-8-15-29/h5-6,9-13,18,20H,4,7-8,14-17H2,1-3H3,(H,28,32). The van der Waals surface area contributed by atoms with Crippen LogP contribution in [-0.4, -0.2) is 42.3 Å². The number of anilines is 2. The van der Waals surface area contributed by atoms with Crippen LogP contribution in [0.5, 0.6) is 0 Å². The molecule has 2 saturated heterocycles. The third-order valence-electron chi connectivity index (χ3n) is 7.08. The largest absolute Gasteiger partial charge is 0.339 e. The van der Waals surface area contributed by atoms with E-state index in [1.807, 2.05) is 42.2 Å². The molecule has 2 unspecified atom stereocenters. The molecule has 0 aromatic heterocycles. The number of likely N-dealkylation sites (tertiary alicyclic amines) is 1. The Balaban J connectivity index is 1.49. The van der Waals surface area contributed by atoms with Crippen molar-refractivity contribution < 1.29 is 14.4 Å². The van der Waals surface area contributed by atoms with E-state index >= 15 is 0 Å². The lowest BCUT2D eigenvalue weighted by atomic mass is 9.96. The Labute approximate surface area is 196 Å². The van der Waals surface area contributed by atoms with Crippen LogP contribution in [0.2, 0.25) is 0 Å². The molecule has 0 aliphatic carbocycles. The summed E-state index contributed by atoms with van der Waals surface area (Å²) in [6, 6.07) is 13.4. The summed E-state index contributed by atoms with van der Waals surface area (Å²) in [6.07, 6.45) is 3.24. The van der Waals surface area contributed by atoms with Crippen LogP contribution in [0, 0.1) is 12.8 Å². The third-order valence-corrected chi connectivity index (χ3v) is 7.08. The number of carbonyl (C=O) groups excluding carboxylic acids is 3. The maximum atomic E-state index is 13.1. The second-order valence-corrected chi connectivity index (χ2v) is 9.24. The average Bonchev–Trinajstić information content (AvgIpc) is 3.49. The number of para-hydroxylation sites is 1. The maximum absolute atomic E-state index is 13.1. The molecule has 2 aromatic carbocycles. The first-order chi connectivity index (χ1) is 15.9. The molecule has 6 heteroatoms. The number of benzene rings is 2. The highest BCUT2D eigenvalue weighted by molar-refractivity contribution is 6.05. The summed E-state index contributed by atoms with van der Waals surface area (Å²) in [7, 11) is 0. The Hall–Kier alpha value is -3.15. The summed E-state index contributed by atoms with van der Waals surface area (Å²) in [5, 5.41) is 2.99. The van der Waals surface area contributed by atoms with Gasteiger partial charge in [0, 0.05) is 43.0 Å². The first-order valence-corrected chi connectivity index (χ1v) is 12.0. The molecule has 33 heavy (non-hydrogen) atoms. The molecule has 2 atom stereocenters. The summed E-state index contributed by atoms with van der Waals surface area (Å²) >= 11 is 0. The fourth-order valence-corrected chi connectivity index (χ4v) is 4.81. The van der Waals surface area contributed by atoms with Crippen LogP contribution in [0.1, 0.15) is 66.9 Å². The SMILES string of the molecule is CCC(C)c1ccccc1N1CC(C(=O)Nc2cccc(C(=O)N3CCCC3)c2C)CC1=O. The Kier molecular flexibility index (Phi) is 6.82. The number of rotatable bonds is 6. The third kappa shape index (κ3) is 4.65. The van der Waals surface area contributed by atoms with Gasteiger partial charge in [0.05, 0.1) is 5.92 Å².